The van der Waals surface area contributed by atoms with Crippen LogP contribution in [0.5, 0.6) is 0 Å². The van der Waals surface area contributed by atoms with Crippen LogP contribution in [0, 0.1) is 0 Å². The molecule has 1 aromatic rings. The minimum atomic E-state index is -0.269. The molecule has 1 atom stereocenters. The first-order valence-corrected chi connectivity index (χ1v) is 7.29. The molecule has 19 heavy (non-hydrogen) atoms. The van der Waals surface area contributed by atoms with Crippen LogP contribution in [0.15, 0.2) is 24.3 Å². The molecule has 0 heterocycles. The van der Waals surface area contributed by atoms with Gasteiger partial charge >= 0.3 is 0 Å². The van der Waals surface area contributed by atoms with Gasteiger partial charge in [0, 0.05) is 17.8 Å². The number of nitrogens with one attached hydrogen (secondary N) is 2. The number of alkyl halides is 1. The summed E-state index contributed by atoms with van der Waals surface area (Å²) in [5.74, 6) is -0.250. The Bertz CT molecular complexity index is 447. The van der Waals surface area contributed by atoms with Gasteiger partial charge in [-0.05, 0) is 31.5 Å². The monoisotopic (exact) mass is 326 g/mol. The number of unbranched alkanes of at least 4 members (excludes halogenated alkanes) is 1. The molecule has 0 aliphatic carbocycles. The molecule has 2 N–H and O–H groups in total. The second-order valence-corrected chi connectivity index (χ2v) is 5.67. The summed E-state index contributed by atoms with van der Waals surface area (Å²) in [6.07, 6.45) is 2.00. The lowest BCUT2D eigenvalue weighted by atomic mass is 10.2. The Kier molecular flexibility index (Phi) is 6.56. The molecular weight excluding hydrogens is 308 g/mol. The van der Waals surface area contributed by atoms with E-state index in [0.717, 1.165) is 12.8 Å². The Morgan fingerprint density at radius 3 is 2.74 bits per heavy atom. The normalized spacial score (nSPS) is 11.7. The molecule has 0 aliphatic rings. The van der Waals surface area contributed by atoms with Crippen LogP contribution in [0.4, 0.5) is 5.69 Å². The van der Waals surface area contributed by atoms with Gasteiger partial charge in [0.15, 0.2) is 0 Å². The van der Waals surface area contributed by atoms with Crippen LogP contribution in [0.25, 0.3) is 0 Å². The predicted molar refractivity (Wildman–Crippen MR) is 80.7 cm³/mol. The summed E-state index contributed by atoms with van der Waals surface area (Å²) in [4.78, 5) is 23.1. The van der Waals surface area contributed by atoms with Crippen molar-refractivity contribution >= 4 is 33.4 Å². The van der Waals surface area contributed by atoms with Crippen LogP contribution < -0.4 is 10.6 Å². The fourth-order valence-corrected chi connectivity index (χ4v) is 1.58. The second kappa shape index (κ2) is 7.94. The minimum absolute atomic E-state index is 0.114. The zero-order valence-electron chi connectivity index (χ0n) is 11.2. The van der Waals surface area contributed by atoms with Gasteiger partial charge in [-0.15, -0.1) is 0 Å². The Morgan fingerprint density at radius 1 is 1.37 bits per heavy atom. The first kappa shape index (κ1) is 15.7. The van der Waals surface area contributed by atoms with Crippen molar-refractivity contribution < 1.29 is 9.59 Å². The van der Waals surface area contributed by atoms with Crippen LogP contribution in [0.1, 0.15) is 37.0 Å². The second-order valence-electron chi connectivity index (χ2n) is 4.30. The van der Waals surface area contributed by atoms with Crippen LogP contribution in [0.3, 0.4) is 0 Å². The van der Waals surface area contributed by atoms with E-state index in [-0.39, 0.29) is 16.6 Å². The van der Waals surface area contributed by atoms with E-state index < -0.39 is 0 Å². The van der Waals surface area contributed by atoms with Gasteiger partial charge in [0.2, 0.25) is 5.91 Å². The van der Waals surface area contributed by atoms with Gasteiger partial charge in [-0.1, -0.05) is 35.3 Å². The molecule has 0 saturated heterocycles. The van der Waals surface area contributed by atoms with Crippen LogP contribution in [-0.2, 0) is 4.79 Å². The molecule has 0 bridgehead atoms. The van der Waals surface area contributed by atoms with Crippen LogP contribution in [-0.4, -0.2) is 23.2 Å². The summed E-state index contributed by atoms with van der Waals surface area (Å²) in [7, 11) is 0. The number of amides is 2. The Hall–Kier alpha value is -1.36. The van der Waals surface area contributed by atoms with Gasteiger partial charge in [0.05, 0.1) is 4.83 Å². The maximum atomic E-state index is 11.9. The average Bonchev–Trinajstić information content (AvgIpc) is 2.39. The highest BCUT2D eigenvalue weighted by Crippen LogP contribution is 2.12. The van der Waals surface area contributed by atoms with Crippen molar-refractivity contribution in [2.75, 3.05) is 11.9 Å². The van der Waals surface area contributed by atoms with E-state index >= 15 is 0 Å². The third-order valence-electron chi connectivity index (χ3n) is 2.57. The number of anilines is 1. The lowest BCUT2D eigenvalue weighted by molar-refractivity contribution is -0.115. The van der Waals surface area contributed by atoms with Crippen LogP contribution >= 0.6 is 15.9 Å². The maximum absolute atomic E-state index is 11.9. The summed E-state index contributed by atoms with van der Waals surface area (Å²) in [6.45, 7) is 4.49. The number of rotatable bonds is 6. The van der Waals surface area contributed by atoms with Crippen molar-refractivity contribution in [1.82, 2.24) is 5.32 Å². The van der Waals surface area contributed by atoms with E-state index in [2.05, 4.69) is 33.5 Å². The number of carbonyl (C=O) groups is 2. The lowest BCUT2D eigenvalue weighted by Gasteiger charge is -2.09. The lowest BCUT2D eigenvalue weighted by Crippen LogP contribution is -2.25. The van der Waals surface area contributed by atoms with Crippen molar-refractivity contribution in [2.45, 2.75) is 31.5 Å². The Labute approximate surface area is 122 Å². The SMILES string of the molecule is CCCCNC(=O)c1cccc(NC(=O)C(C)Br)c1. The van der Waals surface area contributed by atoms with E-state index in [9.17, 15) is 9.59 Å². The molecular formula is C14H19BrN2O2. The average molecular weight is 327 g/mol. The molecule has 104 valence electrons. The largest absolute Gasteiger partial charge is 0.352 e. The van der Waals surface area contributed by atoms with E-state index in [4.69, 9.17) is 0 Å². The summed E-state index contributed by atoms with van der Waals surface area (Å²) in [6, 6.07) is 6.92. The number of carbonyl (C=O) groups excluding carboxylic acids is 2. The topological polar surface area (TPSA) is 58.2 Å². The Balaban J connectivity index is 2.66. The summed E-state index contributed by atoms with van der Waals surface area (Å²) < 4.78 is 0. The zero-order valence-corrected chi connectivity index (χ0v) is 12.8. The van der Waals surface area contributed by atoms with Gasteiger partial charge < -0.3 is 10.6 Å². The van der Waals surface area contributed by atoms with Crippen molar-refractivity contribution in [2.24, 2.45) is 0 Å². The fourth-order valence-electron chi connectivity index (χ4n) is 1.46. The van der Waals surface area contributed by atoms with E-state index in [1.165, 1.54) is 0 Å². The first-order chi connectivity index (χ1) is 9.04. The van der Waals surface area contributed by atoms with Gasteiger partial charge in [0.25, 0.3) is 5.91 Å². The van der Waals surface area contributed by atoms with Gasteiger partial charge in [0.1, 0.15) is 0 Å². The standard InChI is InChI=1S/C14H19BrN2O2/c1-3-4-8-16-14(19)11-6-5-7-12(9-11)17-13(18)10(2)15/h5-7,9-10H,3-4,8H2,1-2H3,(H,16,19)(H,17,18). The quantitative estimate of drug-likeness (QED) is 0.623. The van der Waals surface area contributed by atoms with Gasteiger partial charge in [-0.3, -0.25) is 9.59 Å². The third-order valence-corrected chi connectivity index (χ3v) is 2.99. The number of halogens is 1. The molecule has 0 saturated carbocycles. The minimum Gasteiger partial charge on any atom is -0.352 e. The number of hydrogen-bond donors (Lipinski definition) is 2. The molecule has 0 aromatic heterocycles. The number of benzene rings is 1. The van der Waals surface area contributed by atoms with Crippen LogP contribution in [0.2, 0.25) is 0 Å². The highest BCUT2D eigenvalue weighted by molar-refractivity contribution is 9.10. The third kappa shape index (κ3) is 5.42. The summed E-state index contributed by atoms with van der Waals surface area (Å²) >= 11 is 3.20. The van der Waals surface area contributed by atoms with Crippen molar-refractivity contribution in [3.63, 3.8) is 0 Å². The smallest absolute Gasteiger partial charge is 0.251 e. The predicted octanol–water partition coefficient (Wildman–Crippen LogP) is 2.94. The molecule has 5 heteroatoms. The van der Waals surface area contributed by atoms with E-state index in [1.807, 2.05) is 0 Å². The molecule has 0 aliphatic heterocycles. The molecule has 0 fully saturated rings. The molecule has 1 unspecified atom stereocenters. The van der Waals surface area contributed by atoms with Crippen molar-refractivity contribution in [1.29, 1.82) is 0 Å². The molecule has 0 spiro atoms. The first-order valence-electron chi connectivity index (χ1n) is 6.37. The molecule has 4 nitrogen and oxygen atoms in total. The summed E-state index contributed by atoms with van der Waals surface area (Å²) in [5.41, 5.74) is 1.18. The van der Waals surface area contributed by atoms with Gasteiger partial charge in [-0.25, -0.2) is 0 Å². The zero-order chi connectivity index (χ0) is 14.3. The van der Waals surface area contributed by atoms with E-state index in [0.29, 0.717) is 17.8 Å². The van der Waals surface area contributed by atoms with Crippen molar-refractivity contribution in [3.8, 4) is 0 Å². The highest BCUT2D eigenvalue weighted by atomic mass is 79.9. The summed E-state index contributed by atoms with van der Waals surface area (Å²) in [5, 5.41) is 5.58. The maximum Gasteiger partial charge on any atom is 0.251 e. The fraction of sp³-hybridized carbons (Fsp3) is 0.429. The van der Waals surface area contributed by atoms with E-state index in [1.54, 1.807) is 31.2 Å². The molecule has 2 amide bonds. The highest BCUT2D eigenvalue weighted by Gasteiger charge is 2.10. The molecule has 1 aromatic carbocycles. The Morgan fingerprint density at radius 2 is 2.11 bits per heavy atom. The molecule has 0 radical (unpaired) electrons. The number of hydrogen-bond acceptors (Lipinski definition) is 2. The van der Waals surface area contributed by atoms with Gasteiger partial charge in [-0.2, -0.15) is 0 Å². The van der Waals surface area contributed by atoms with Crippen molar-refractivity contribution in [3.05, 3.63) is 29.8 Å². The molecule has 1 rings (SSSR count).